The van der Waals surface area contributed by atoms with Crippen molar-refractivity contribution in [2.75, 3.05) is 33.4 Å². The summed E-state index contributed by atoms with van der Waals surface area (Å²) in [5, 5.41) is 3.51. The molecule has 1 rings (SSSR count). The van der Waals surface area contributed by atoms with Gasteiger partial charge in [0.2, 0.25) is 0 Å². The van der Waals surface area contributed by atoms with Crippen LogP contribution in [0, 0.1) is 5.92 Å². The lowest BCUT2D eigenvalue weighted by Gasteiger charge is -2.25. The van der Waals surface area contributed by atoms with Crippen LogP contribution < -0.4 is 5.32 Å². The minimum Gasteiger partial charge on any atom is -0.381 e. The van der Waals surface area contributed by atoms with Crippen LogP contribution in [0.4, 0.5) is 0 Å². The minimum absolute atomic E-state index is 0.00265. The maximum absolute atomic E-state index is 5.37. The van der Waals surface area contributed by atoms with Gasteiger partial charge in [0.25, 0.3) is 0 Å². The molecule has 1 saturated heterocycles. The molecule has 1 heterocycles. The molecular weight excluding hydrogens is 190 g/mol. The molecule has 0 aromatic rings. The Morgan fingerprint density at radius 1 is 1.33 bits per heavy atom. The van der Waals surface area contributed by atoms with Crippen LogP contribution in [-0.4, -0.2) is 39.0 Å². The number of methoxy groups -OCH3 is 1. The summed E-state index contributed by atoms with van der Waals surface area (Å²) in [5.41, 5.74) is 0.00265. The van der Waals surface area contributed by atoms with Crippen molar-refractivity contribution >= 4 is 0 Å². The third kappa shape index (κ3) is 5.50. The number of rotatable bonds is 6. The van der Waals surface area contributed by atoms with Gasteiger partial charge < -0.3 is 14.8 Å². The zero-order valence-electron chi connectivity index (χ0n) is 10.3. The maximum atomic E-state index is 5.37. The summed E-state index contributed by atoms with van der Waals surface area (Å²) < 4.78 is 10.7. The molecule has 0 aromatic carbocycles. The van der Waals surface area contributed by atoms with E-state index in [4.69, 9.17) is 9.47 Å². The van der Waals surface area contributed by atoms with Crippen molar-refractivity contribution in [3.8, 4) is 0 Å². The molecular formula is C12H25NO2. The van der Waals surface area contributed by atoms with Gasteiger partial charge in [0, 0.05) is 20.3 Å². The summed E-state index contributed by atoms with van der Waals surface area (Å²) in [4.78, 5) is 0. The van der Waals surface area contributed by atoms with Crippen LogP contribution >= 0.6 is 0 Å². The zero-order valence-corrected chi connectivity index (χ0v) is 10.3. The lowest BCUT2D eigenvalue weighted by atomic mass is 10.00. The topological polar surface area (TPSA) is 30.5 Å². The van der Waals surface area contributed by atoms with Gasteiger partial charge in [-0.2, -0.15) is 0 Å². The van der Waals surface area contributed by atoms with E-state index in [2.05, 4.69) is 19.2 Å². The molecule has 1 fully saturated rings. The maximum Gasteiger partial charge on any atom is 0.0634 e. The highest BCUT2D eigenvalue weighted by Gasteiger charge is 2.16. The Labute approximate surface area is 93.5 Å². The zero-order chi connectivity index (χ0) is 11.1. The first-order valence-corrected chi connectivity index (χ1v) is 5.98. The van der Waals surface area contributed by atoms with Crippen molar-refractivity contribution in [2.45, 2.75) is 38.7 Å². The highest BCUT2D eigenvalue weighted by Crippen LogP contribution is 2.14. The second-order valence-electron chi connectivity index (χ2n) is 4.97. The molecule has 15 heavy (non-hydrogen) atoms. The molecule has 1 N–H and O–H groups in total. The van der Waals surface area contributed by atoms with E-state index in [1.807, 2.05) is 0 Å². The van der Waals surface area contributed by atoms with Crippen molar-refractivity contribution in [3.63, 3.8) is 0 Å². The van der Waals surface area contributed by atoms with Crippen LogP contribution in [0.15, 0.2) is 0 Å². The fraction of sp³-hybridized carbons (Fsp3) is 1.00. The Hall–Kier alpha value is -0.120. The summed E-state index contributed by atoms with van der Waals surface area (Å²) in [6.45, 7) is 8.30. The Morgan fingerprint density at radius 2 is 2.00 bits per heavy atom. The van der Waals surface area contributed by atoms with E-state index in [1.54, 1.807) is 7.11 Å². The van der Waals surface area contributed by atoms with Gasteiger partial charge in [-0.25, -0.2) is 0 Å². The molecule has 0 amide bonds. The second kappa shape index (κ2) is 6.46. The van der Waals surface area contributed by atoms with Gasteiger partial charge in [-0.05, 0) is 52.1 Å². The lowest BCUT2D eigenvalue weighted by Crippen LogP contribution is -2.32. The largest absolute Gasteiger partial charge is 0.381 e. The number of hydrogen-bond donors (Lipinski definition) is 1. The smallest absolute Gasteiger partial charge is 0.0634 e. The third-order valence-corrected chi connectivity index (χ3v) is 3.23. The van der Waals surface area contributed by atoms with E-state index >= 15 is 0 Å². The highest BCUT2D eigenvalue weighted by atomic mass is 16.5. The fourth-order valence-corrected chi connectivity index (χ4v) is 1.75. The van der Waals surface area contributed by atoms with Crippen molar-refractivity contribution in [3.05, 3.63) is 0 Å². The summed E-state index contributed by atoms with van der Waals surface area (Å²) in [6, 6.07) is 0. The standard InChI is InChI=1S/C12H25NO2/c1-12(2,14-3)6-7-13-10-11-4-8-15-9-5-11/h11,13H,4-10H2,1-3H3. The van der Waals surface area contributed by atoms with Crippen molar-refractivity contribution in [1.82, 2.24) is 5.32 Å². The fourth-order valence-electron chi connectivity index (χ4n) is 1.75. The van der Waals surface area contributed by atoms with Crippen molar-refractivity contribution in [1.29, 1.82) is 0 Å². The number of ether oxygens (including phenoxy) is 2. The first-order chi connectivity index (χ1) is 7.14. The molecule has 90 valence electrons. The summed E-state index contributed by atoms with van der Waals surface area (Å²) in [6.07, 6.45) is 3.48. The van der Waals surface area contributed by atoms with Gasteiger partial charge in [-0.3, -0.25) is 0 Å². The SMILES string of the molecule is COC(C)(C)CCNCC1CCOCC1. The van der Waals surface area contributed by atoms with Crippen LogP contribution in [0.3, 0.4) is 0 Å². The predicted octanol–water partition coefficient (Wildman–Crippen LogP) is 1.82. The Kier molecular flexibility index (Phi) is 5.58. The van der Waals surface area contributed by atoms with E-state index in [1.165, 1.54) is 12.8 Å². The average molecular weight is 215 g/mol. The average Bonchev–Trinajstić information content (AvgIpc) is 2.26. The first-order valence-electron chi connectivity index (χ1n) is 5.98. The Morgan fingerprint density at radius 3 is 2.60 bits per heavy atom. The van der Waals surface area contributed by atoms with Crippen LogP contribution in [0.2, 0.25) is 0 Å². The molecule has 0 spiro atoms. The monoisotopic (exact) mass is 215 g/mol. The van der Waals surface area contributed by atoms with E-state index in [9.17, 15) is 0 Å². The normalized spacial score (nSPS) is 19.4. The van der Waals surface area contributed by atoms with Gasteiger partial charge in [0.1, 0.15) is 0 Å². The third-order valence-electron chi connectivity index (χ3n) is 3.23. The molecule has 0 saturated carbocycles. The molecule has 1 aliphatic rings. The Bertz CT molecular complexity index is 165. The molecule has 3 heteroatoms. The van der Waals surface area contributed by atoms with Gasteiger partial charge in [-0.1, -0.05) is 0 Å². The van der Waals surface area contributed by atoms with E-state index < -0.39 is 0 Å². The van der Waals surface area contributed by atoms with Crippen LogP contribution in [0.1, 0.15) is 33.1 Å². The summed E-state index contributed by atoms with van der Waals surface area (Å²) in [7, 11) is 1.78. The van der Waals surface area contributed by atoms with Gasteiger partial charge in [0.05, 0.1) is 5.60 Å². The Balaban J connectivity index is 2.00. The van der Waals surface area contributed by atoms with Gasteiger partial charge in [-0.15, -0.1) is 0 Å². The van der Waals surface area contributed by atoms with Gasteiger partial charge >= 0.3 is 0 Å². The van der Waals surface area contributed by atoms with Crippen molar-refractivity contribution < 1.29 is 9.47 Å². The van der Waals surface area contributed by atoms with Gasteiger partial charge in [0.15, 0.2) is 0 Å². The molecule has 0 aliphatic carbocycles. The van der Waals surface area contributed by atoms with E-state index in [0.29, 0.717) is 0 Å². The molecule has 3 nitrogen and oxygen atoms in total. The van der Waals surface area contributed by atoms with Crippen molar-refractivity contribution in [2.24, 2.45) is 5.92 Å². The molecule has 0 aromatic heterocycles. The van der Waals surface area contributed by atoms with E-state index in [-0.39, 0.29) is 5.60 Å². The van der Waals surface area contributed by atoms with E-state index in [0.717, 1.165) is 38.6 Å². The van der Waals surface area contributed by atoms with Crippen LogP contribution in [-0.2, 0) is 9.47 Å². The quantitative estimate of drug-likeness (QED) is 0.686. The highest BCUT2D eigenvalue weighted by molar-refractivity contribution is 4.71. The number of hydrogen-bond acceptors (Lipinski definition) is 3. The lowest BCUT2D eigenvalue weighted by molar-refractivity contribution is 0.0150. The molecule has 0 unspecified atom stereocenters. The summed E-state index contributed by atoms with van der Waals surface area (Å²) in [5.74, 6) is 0.810. The number of nitrogens with one attached hydrogen (secondary N) is 1. The van der Waals surface area contributed by atoms with Crippen LogP contribution in [0.5, 0.6) is 0 Å². The second-order valence-corrected chi connectivity index (χ2v) is 4.97. The molecule has 1 aliphatic heterocycles. The molecule has 0 radical (unpaired) electrons. The predicted molar refractivity (Wildman–Crippen MR) is 62.1 cm³/mol. The first kappa shape index (κ1) is 12.9. The molecule has 0 atom stereocenters. The van der Waals surface area contributed by atoms with Crippen LogP contribution in [0.25, 0.3) is 0 Å². The minimum atomic E-state index is 0.00265. The summed E-state index contributed by atoms with van der Waals surface area (Å²) >= 11 is 0. The molecule has 0 bridgehead atoms.